The van der Waals surface area contributed by atoms with Gasteiger partial charge in [-0.3, -0.25) is 14.0 Å². The Morgan fingerprint density at radius 1 is 1.21 bits per heavy atom. The number of hydrogen-bond acceptors (Lipinski definition) is 7. The summed E-state index contributed by atoms with van der Waals surface area (Å²) in [6, 6.07) is 6.71. The van der Waals surface area contributed by atoms with Crippen LogP contribution in [0.4, 0.5) is 14.5 Å². The monoisotopic (exact) mass is 542 g/mol. The fraction of sp³-hybridized carbons (Fsp3) is 0.320. The third-order valence-corrected chi connectivity index (χ3v) is 6.48. The van der Waals surface area contributed by atoms with Crippen LogP contribution in [0.3, 0.4) is 0 Å². The number of aryl methyl sites for hydroxylation is 2. The van der Waals surface area contributed by atoms with E-state index in [-0.39, 0.29) is 30.0 Å². The Morgan fingerprint density at radius 2 is 2.00 bits per heavy atom. The average molecular weight is 543 g/mol. The maximum absolute atomic E-state index is 13.6. The number of hydrogen-bond donors (Lipinski definition) is 2. The number of nitrogens with one attached hydrogen (secondary N) is 1. The zero-order chi connectivity index (χ0) is 27.1. The molecule has 10 nitrogen and oxygen atoms in total. The van der Waals surface area contributed by atoms with Crippen LogP contribution in [0.15, 0.2) is 41.6 Å². The third-order valence-electron chi connectivity index (χ3n) is 6.27. The summed E-state index contributed by atoms with van der Waals surface area (Å²) in [5.74, 6) is 0.390. The molecular formula is C25H25ClF2N8O2. The normalized spacial score (nSPS) is 12.6. The fourth-order valence-corrected chi connectivity index (χ4v) is 4.90. The van der Waals surface area contributed by atoms with Crippen LogP contribution in [0.5, 0.6) is 0 Å². The second-order valence-electron chi connectivity index (χ2n) is 9.05. The molecule has 0 saturated heterocycles. The lowest BCUT2D eigenvalue weighted by atomic mass is 9.95. The zero-order valence-electron chi connectivity index (χ0n) is 20.9. The van der Waals surface area contributed by atoms with Gasteiger partial charge in [-0.15, -0.1) is 5.10 Å². The van der Waals surface area contributed by atoms with Gasteiger partial charge in [-0.05, 0) is 43.2 Å². The van der Waals surface area contributed by atoms with Crippen LogP contribution in [-0.2, 0) is 20.1 Å². The van der Waals surface area contributed by atoms with Gasteiger partial charge in [0.05, 0.1) is 31.6 Å². The molecule has 0 spiro atoms. The number of benzene rings is 1. The Bertz CT molecular complexity index is 1710. The second-order valence-corrected chi connectivity index (χ2v) is 9.44. The Kier molecular flexibility index (Phi) is 6.84. The number of aromatic nitrogens is 7. The quantitative estimate of drug-likeness (QED) is 0.285. The summed E-state index contributed by atoms with van der Waals surface area (Å²) in [4.78, 5) is 22.3. The van der Waals surface area contributed by atoms with Crippen LogP contribution in [0.2, 0.25) is 5.15 Å². The Balaban J connectivity index is 1.71. The molecule has 4 heterocycles. The largest absolute Gasteiger partial charge is 0.394 e. The van der Waals surface area contributed by atoms with Gasteiger partial charge in [0, 0.05) is 29.2 Å². The minimum Gasteiger partial charge on any atom is -0.394 e. The van der Waals surface area contributed by atoms with E-state index in [4.69, 9.17) is 11.6 Å². The first-order valence-corrected chi connectivity index (χ1v) is 12.3. The molecule has 0 saturated carbocycles. The SMILES string of the molecule is Cc1cc(C(C)Nc2ccc(Cl)nc2-c2ncn(C)n2)c2c(c1)c(=O)n(CC(F)F)c1c2cnn1CCO. The Morgan fingerprint density at radius 3 is 2.68 bits per heavy atom. The van der Waals surface area contributed by atoms with Crippen LogP contribution >= 0.6 is 11.6 Å². The van der Waals surface area contributed by atoms with Gasteiger partial charge in [0.2, 0.25) is 5.82 Å². The van der Waals surface area contributed by atoms with E-state index in [1.165, 1.54) is 4.68 Å². The summed E-state index contributed by atoms with van der Waals surface area (Å²) in [5.41, 5.74) is 2.34. The lowest BCUT2D eigenvalue weighted by Gasteiger charge is -2.21. The standard InChI is InChI=1S/C25H25ClF2N8O2/c1-13-8-15(14(2)31-18-4-5-19(26)32-22(18)23-29-12-34(3)33-23)21-16(9-13)25(38)35(11-20(27)28)24-17(21)10-30-36(24)6-7-37/h4-5,8-10,12,14,20,31,37H,6-7,11H2,1-3H3. The van der Waals surface area contributed by atoms with Crippen molar-refractivity contribution in [1.82, 2.24) is 34.1 Å². The minimum atomic E-state index is -2.74. The Hall–Kier alpha value is -3.90. The van der Waals surface area contributed by atoms with Crippen molar-refractivity contribution in [2.24, 2.45) is 7.05 Å². The molecule has 0 aliphatic heterocycles. The molecule has 2 N–H and O–H groups in total. The molecule has 1 unspecified atom stereocenters. The molecule has 198 valence electrons. The van der Waals surface area contributed by atoms with Gasteiger partial charge < -0.3 is 10.4 Å². The van der Waals surface area contributed by atoms with Gasteiger partial charge in [-0.25, -0.2) is 23.4 Å². The first-order valence-electron chi connectivity index (χ1n) is 11.9. The van der Waals surface area contributed by atoms with E-state index in [9.17, 15) is 18.7 Å². The molecule has 4 aromatic heterocycles. The van der Waals surface area contributed by atoms with E-state index in [0.29, 0.717) is 33.4 Å². The minimum absolute atomic E-state index is 0.0591. The van der Waals surface area contributed by atoms with Crippen molar-refractivity contribution in [2.45, 2.75) is 39.4 Å². The van der Waals surface area contributed by atoms with E-state index in [2.05, 4.69) is 25.5 Å². The van der Waals surface area contributed by atoms with E-state index < -0.39 is 18.5 Å². The number of alkyl halides is 2. The first-order chi connectivity index (χ1) is 18.2. The number of aliphatic hydroxyl groups excluding tert-OH is 1. The molecule has 0 fully saturated rings. The molecule has 0 aliphatic rings. The van der Waals surface area contributed by atoms with Gasteiger partial charge in [0.15, 0.2) is 0 Å². The predicted octanol–water partition coefficient (Wildman–Crippen LogP) is 3.93. The number of rotatable bonds is 8. The van der Waals surface area contributed by atoms with Gasteiger partial charge in [-0.1, -0.05) is 17.7 Å². The highest BCUT2D eigenvalue weighted by Gasteiger charge is 2.23. The first kappa shape index (κ1) is 25.7. The van der Waals surface area contributed by atoms with Crippen molar-refractivity contribution in [2.75, 3.05) is 11.9 Å². The highest BCUT2D eigenvalue weighted by Crippen LogP contribution is 2.34. The number of anilines is 1. The van der Waals surface area contributed by atoms with Crippen molar-refractivity contribution in [3.63, 3.8) is 0 Å². The summed E-state index contributed by atoms with van der Waals surface area (Å²) in [6.07, 6.45) is 0.365. The highest BCUT2D eigenvalue weighted by atomic mass is 35.5. The molecule has 0 bridgehead atoms. The van der Waals surface area contributed by atoms with Crippen molar-refractivity contribution in [1.29, 1.82) is 0 Å². The molecular weight excluding hydrogens is 518 g/mol. The number of halogens is 3. The lowest BCUT2D eigenvalue weighted by Crippen LogP contribution is -2.26. The number of aliphatic hydroxyl groups is 1. The topological polar surface area (TPSA) is 116 Å². The van der Waals surface area contributed by atoms with E-state index in [1.54, 1.807) is 42.5 Å². The van der Waals surface area contributed by atoms with Gasteiger partial charge in [-0.2, -0.15) is 5.10 Å². The molecule has 0 amide bonds. The second kappa shape index (κ2) is 10.1. The van der Waals surface area contributed by atoms with Crippen molar-refractivity contribution in [3.05, 3.63) is 63.4 Å². The van der Waals surface area contributed by atoms with Crippen LogP contribution in [0.1, 0.15) is 24.1 Å². The maximum atomic E-state index is 13.6. The van der Waals surface area contributed by atoms with E-state index in [0.717, 1.165) is 15.7 Å². The summed E-state index contributed by atoms with van der Waals surface area (Å²) in [5, 5.41) is 23.3. The van der Waals surface area contributed by atoms with Crippen LogP contribution in [0.25, 0.3) is 33.3 Å². The van der Waals surface area contributed by atoms with Gasteiger partial charge in [0.1, 0.15) is 22.8 Å². The molecule has 0 radical (unpaired) electrons. The fourth-order valence-electron chi connectivity index (χ4n) is 4.75. The summed E-state index contributed by atoms with van der Waals surface area (Å²) in [7, 11) is 1.75. The number of pyridine rings is 2. The molecule has 13 heteroatoms. The van der Waals surface area contributed by atoms with Crippen molar-refractivity contribution < 1.29 is 13.9 Å². The number of fused-ring (bicyclic) bond motifs is 3. The smallest absolute Gasteiger partial charge is 0.260 e. The molecule has 1 aromatic carbocycles. The molecule has 1 atom stereocenters. The summed E-state index contributed by atoms with van der Waals surface area (Å²) >= 11 is 6.17. The van der Waals surface area contributed by atoms with E-state index in [1.807, 2.05) is 19.9 Å². The predicted molar refractivity (Wildman–Crippen MR) is 141 cm³/mol. The van der Waals surface area contributed by atoms with Crippen LogP contribution < -0.4 is 10.9 Å². The molecule has 5 aromatic rings. The van der Waals surface area contributed by atoms with Gasteiger partial charge >= 0.3 is 0 Å². The number of nitrogens with zero attached hydrogens (tertiary/aromatic N) is 7. The van der Waals surface area contributed by atoms with Crippen LogP contribution in [0, 0.1) is 6.92 Å². The van der Waals surface area contributed by atoms with Crippen molar-refractivity contribution in [3.8, 4) is 11.5 Å². The van der Waals surface area contributed by atoms with E-state index >= 15 is 0 Å². The highest BCUT2D eigenvalue weighted by molar-refractivity contribution is 6.29. The van der Waals surface area contributed by atoms with Crippen LogP contribution in [-0.4, -0.2) is 52.2 Å². The average Bonchev–Trinajstić information content (AvgIpc) is 3.48. The maximum Gasteiger partial charge on any atom is 0.260 e. The summed E-state index contributed by atoms with van der Waals surface area (Å²) in [6.45, 7) is 2.79. The molecule has 0 aliphatic carbocycles. The third kappa shape index (κ3) is 4.61. The Labute approximate surface area is 220 Å². The van der Waals surface area contributed by atoms with Crippen molar-refractivity contribution >= 4 is 39.1 Å². The lowest BCUT2D eigenvalue weighted by molar-refractivity contribution is 0.126. The zero-order valence-corrected chi connectivity index (χ0v) is 21.6. The van der Waals surface area contributed by atoms with Gasteiger partial charge in [0.25, 0.3) is 12.0 Å². The summed E-state index contributed by atoms with van der Waals surface area (Å²) < 4.78 is 31.0. The molecule has 5 rings (SSSR count). The molecule has 38 heavy (non-hydrogen) atoms.